The number of nitrogens with one attached hydrogen (secondary N) is 5. The van der Waals surface area contributed by atoms with Crippen molar-refractivity contribution in [2.75, 3.05) is 14.2 Å². The number of amides is 8. The number of carbonyl (C=O) groups excluding carboxylic acids is 9. The van der Waals surface area contributed by atoms with Crippen LogP contribution in [0, 0.1) is 17.8 Å². The smallest absolute Gasteiger partial charge is 0.329 e. The summed E-state index contributed by atoms with van der Waals surface area (Å²) in [4.78, 5) is 130. The number of nitrogens with zero attached hydrogens (tertiary/aromatic N) is 2. The standard InChI is InChI=1S/C50H72N8O13/c1-26(2)21-34-48(67)57(8)37(23-30-13-11-10-12-14-30)45(64)55-41(28(5)6)50(69)71-29(7)42(47(66)54-35(22-27(3)4)49(68)58-36(44(63)53-34)19-20-40(58)70-9)56-43(62)33(25-39(51)61)52-46(65)38(60)24-31-15-17-32(59)18-16-31/h10-18,26-29,33-38,40-42,59-60H,19-25H2,1-9H3,(H2,51,61)(H,52,65)(H,53,63)(H,54,66)(H,55,64)(H,56,62). The number of hydrogen-bond donors (Lipinski definition) is 8. The van der Waals surface area contributed by atoms with Crippen molar-refractivity contribution in [1.29, 1.82) is 0 Å². The molecule has 4 rings (SSSR count). The molecule has 0 bridgehead atoms. The zero-order valence-electron chi connectivity index (χ0n) is 42.0. The molecule has 0 aromatic heterocycles. The number of aliphatic hydroxyl groups excluding tert-OH is 1. The van der Waals surface area contributed by atoms with Gasteiger partial charge in [-0.05, 0) is 73.6 Å². The van der Waals surface area contributed by atoms with E-state index in [2.05, 4.69) is 26.6 Å². The molecule has 2 saturated heterocycles. The van der Waals surface area contributed by atoms with Gasteiger partial charge in [0.1, 0.15) is 66.5 Å². The van der Waals surface area contributed by atoms with E-state index in [1.165, 1.54) is 55.1 Å². The zero-order chi connectivity index (χ0) is 52.9. The summed E-state index contributed by atoms with van der Waals surface area (Å²) in [5, 5.41) is 33.4. The number of methoxy groups -OCH3 is 1. The van der Waals surface area contributed by atoms with Crippen molar-refractivity contribution in [3.05, 3.63) is 65.7 Å². The molecule has 0 spiro atoms. The van der Waals surface area contributed by atoms with Gasteiger partial charge < -0.3 is 61.8 Å². The van der Waals surface area contributed by atoms with E-state index in [-0.39, 0.29) is 56.1 Å². The molecule has 2 fully saturated rings. The molecule has 71 heavy (non-hydrogen) atoms. The van der Waals surface area contributed by atoms with Crippen LogP contribution in [-0.2, 0) is 65.5 Å². The van der Waals surface area contributed by atoms with Crippen molar-refractivity contribution in [2.24, 2.45) is 23.5 Å². The quantitative estimate of drug-likeness (QED) is 0.105. The first-order chi connectivity index (χ1) is 33.4. The first-order valence-corrected chi connectivity index (χ1v) is 24.0. The maximum absolute atomic E-state index is 14.9. The molecule has 10 atom stereocenters. The third-order valence-corrected chi connectivity index (χ3v) is 12.5. The third-order valence-electron chi connectivity index (χ3n) is 12.5. The number of likely N-dealkylation sites (N-methyl/N-ethyl adjacent to an activating group) is 1. The van der Waals surface area contributed by atoms with Gasteiger partial charge in [-0.15, -0.1) is 0 Å². The first-order valence-electron chi connectivity index (χ1n) is 24.0. The van der Waals surface area contributed by atoms with Crippen LogP contribution in [0.3, 0.4) is 0 Å². The Hall–Kier alpha value is -6.61. The van der Waals surface area contributed by atoms with Gasteiger partial charge in [0.25, 0.3) is 0 Å². The lowest BCUT2D eigenvalue weighted by atomic mass is 9.98. The second-order valence-corrected chi connectivity index (χ2v) is 19.5. The van der Waals surface area contributed by atoms with E-state index in [1.807, 2.05) is 13.8 Å². The van der Waals surface area contributed by atoms with Gasteiger partial charge in [0.2, 0.25) is 47.3 Å². The van der Waals surface area contributed by atoms with E-state index in [1.54, 1.807) is 58.0 Å². The normalized spacial score (nSPS) is 25.0. The van der Waals surface area contributed by atoms with Gasteiger partial charge in [0.05, 0.1) is 6.42 Å². The molecule has 2 aromatic carbocycles. The van der Waals surface area contributed by atoms with Gasteiger partial charge in [0, 0.05) is 27.0 Å². The summed E-state index contributed by atoms with van der Waals surface area (Å²) >= 11 is 0. The Morgan fingerprint density at radius 1 is 0.803 bits per heavy atom. The van der Waals surface area contributed by atoms with Gasteiger partial charge in [-0.1, -0.05) is 84.0 Å². The van der Waals surface area contributed by atoms with Crippen molar-refractivity contribution >= 4 is 53.2 Å². The highest BCUT2D eigenvalue weighted by Crippen LogP contribution is 2.28. The largest absolute Gasteiger partial charge is 0.508 e. The second kappa shape index (κ2) is 26.0. The molecule has 2 aliphatic heterocycles. The lowest BCUT2D eigenvalue weighted by Gasteiger charge is -2.35. The minimum absolute atomic E-state index is 0.00344. The Morgan fingerprint density at radius 2 is 1.39 bits per heavy atom. The number of fused-ring (bicyclic) bond motifs is 1. The lowest BCUT2D eigenvalue weighted by Crippen LogP contribution is -2.62. The van der Waals surface area contributed by atoms with Gasteiger partial charge >= 0.3 is 5.97 Å². The van der Waals surface area contributed by atoms with E-state index in [9.17, 15) is 53.4 Å². The molecule has 9 N–H and O–H groups in total. The van der Waals surface area contributed by atoms with Crippen LogP contribution >= 0.6 is 0 Å². The summed E-state index contributed by atoms with van der Waals surface area (Å²) < 4.78 is 11.6. The number of cyclic esters (lactones) is 1. The predicted molar refractivity (Wildman–Crippen MR) is 258 cm³/mol. The molecule has 390 valence electrons. The highest BCUT2D eigenvalue weighted by molar-refractivity contribution is 5.99. The van der Waals surface area contributed by atoms with Crippen molar-refractivity contribution in [3.8, 4) is 5.75 Å². The summed E-state index contributed by atoms with van der Waals surface area (Å²) in [5.74, 6) is -9.23. The number of benzene rings is 2. The van der Waals surface area contributed by atoms with Crippen molar-refractivity contribution < 1.29 is 62.8 Å². The number of primary amides is 1. The Morgan fingerprint density at radius 3 is 1.96 bits per heavy atom. The number of hydrogen-bond acceptors (Lipinski definition) is 13. The fourth-order valence-corrected chi connectivity index (χ4v) is 8.65. The summed E-state index contributed by atoms with van der Waals surface area (Å²) in [6.45, 7) is 11.8. The number of aliphatic hydroxyl groups is 1. The minimum atomic E-state index is -1.86. The number of esters is 1. The summed E-state index contributed by atoms with van der Waals surface area (Å²) in [6.07, 6.45) is -4.86. The monoisotopic (exact) mass is 993 g/mol. The van der Waals surface area contributed by atoms with Crippen LogP contribution in [0.25, 0.3) is 0 Å². The molecular formula is C50H72N8O13. The fraction of sp³-hybridized carbons (Fsp3) is 0.580. The zero-order valence-corrected chi connectivity index (χ0v) is 42.0. The summed E-state index contributed by atoms with van der Waals surface area (Å²) in [5.41, 5.74) is 6.61. The minimum Gasteiger partial charge on any atom is -0.508 e. The maximum atomic E-state index is 14.9. The van der Waals surface area contributed by atoms with E-state index in [4.69, 9.17) is 15.2 Å². The molecule has 2 heterocycles. The molecule has 0 saturated carbocycles. The summed E-state index contributed by atoms with van der Waals surface area (Å²) in [6, 6.07) is 4.48. The highest BCUT2D eigenvalue weighted by Gasteiger charge is 2.46. The third kappa shape index (κ3) is 15.9. The molecule has 10 unspecified atom stereocenters. The average molecular weight is 993 g/mol. The van der Waals surface area contributed by atoms with Crippen LogP contribution in [0.15, 0.2) is 54.6 Å². The van der Waals surface area contributed by atoms with Crippen molar-refractivity contribution in [1.82, 2.24) is 36.4 Å². The fourth-order valence-electron chi connectivity index (χ4n) is 8.65. The van der Waals surface area contributed by atoms with Crippen molar-refractivity contribution in [3.63, 3.8) is 0 Å². The van der Waals surface area contributed by atoms with Crippen LogP contribution in [-0.4, -0.2) is 148 Å². The molecule has 2 aliphatic rings. The average Bonchev–Trinajstić information content (AvgIpc) is 3.74. The molecule has 2 aromatic rings. The van der Waals surface area contributed by atoms with Gasteiger partial charge in [-0.3, -0.25) is 38.4 Å². The lowest BCUT2D eigenvalue weighted by molar-refractivity contribution is -0.158. The number of phenols is 1. The number of aromatic hydroxyl groups is 1. The summed E-state index contributed by atoms with van der Waals surface area (Å²) in [7, 11) is 2.79. The van der Waals surface area contributed by atoms with E-state index >= 15 is 0 Å². The van der Waals surface area contributed by atoms with E-state index in [0.717, 1.165) is 0 Å². The van der Waals surface area contributed by atoms with Crippen LogP contribution < -0.4 is 32.3 Å². The molecule has 0 aliphatic carbocycles. The van der Waals surface area contributed by atoms with Gasteiger partial charge in [-0.2, -0.15) is 0 Å². The Labute approximate surface area is 414 Å². The SMILES string of the molecule is COC1CCC2C(=O)NC(CC(C)C)C(=O)N(C)C(Cc3ccccc3)C(=O)NC(C(C)C)C(=O)OC(C)C(NC(=O)C(CC(N)=O)NC(=O)C(O)Cc3ccc(O)cc3)C(=O)NC(CC(C)C)C(=O)N12. The number of nitrogens with two attached hydrogens (primary N) is 1. The van der Waals surface area contributed by atoms with Crippen LogP contribution in [0.4, 0.5) is 0 Å². The van der Waals surface area contributed by atoms with E-state index < -0.39 is 126 Å². The number of rotatable bonds is 16. The molecule has 8 amide bonds. The number of ether oxygens (including phenoxy) is 2. The molecule has 0 radical (unpaired) electrons. The Bertz CT molecular complexity index is 2210. The second-order valence-electron chi connectivity index (χ2n) is 19.5. The van der Waals surface area contributed by atoms with Crippen LogP contribution in [0.1, 0.15) is 91.7 Å². The topological polar surface area (TPSA) is 305 Å². The molecular weight excluding hydrogens is 921 g/mol. The molecule has 21 nitrogen and oxygen atoms in total. The number of phenolic OH excluding ortho intramolecular Hbond substituents is 1. The van der Waals surface area contributed by atoms with Crippen LogP contribution in [0.5, 0.6) is 5.75 Å². The highest BCUT2D eigenvalue weighted by atomic mass is 16.5. The Kier molecular flexibility index (Phi) is 20.9. The van der Waals surface area contributed by atoms with Crippen LogP contribution in [0.2, 0.25) is 0 Å². The first kappa shape index (κ1) is 57.0. The van der Waals surface area contributed by atoms with Gasteiger partial charge in [-0.25, -0.2) is 4.79 Å². The van der Waals surface area contributed by atoms with Gasteiger partial charge in [0.15, 0.2) is 0 Å². The van der Waals surface area contributed by atoms with Crippen molar-refractivity contribution in [2.45, 2.75) is 154 Å². The maximum Gasteiger partial charge on any atom is 0.329 e. The molecule has 21 heteroatoms. The Balaban J connectivity index is 1.83. The predicted octanol–water partition coefficient (Wildman–Crippen LogP) is 0.322. The van der Waals surface area contributed by atoms with E-state index in [0.29, 0.717) is 11.1 Å². The number of carbonyl (C=O) groups is 9.